The highest BCUT2D eigenvalue weighted by Gasteiger charge is 2.49. The molecule has 4 N–H and O–H groups in total. The van der Waals surface area contributed by atoms with Gasteiger partial charge in [-0.15, -0.1) is 0 Å². The fraction of sp³-hybridized carbons (Fsp3) is 0.333. The number of methoxy groups -OCH3 is 1. The number of ether oxygens (including phenoxy) is 1. The summed E-state index contributed by atoms with van der Waals surface area (Å²) in [6.07, 6.45) is 0.272. The maximum Gasteiger partial charge on any atom is 0.337 e. The Morgan fingerprint density at radius 1 is 1.03 bits per heavy atom. The van der Waals surface area contributed by atoms with E-state index in [-0.39, 0.29) is 24.2 Å². The molecule has 0 aromatic heterocycles. The average Bonchev–Trinajstić information content (AvgIpc) is 3.17. The van der Waals surface area contributed by atoms with E-state index in [1.807, 2.05) is 36.4 Å². The van der Waals surface area contributed by atoms with Crippen LogP contribution in [-0.2, 0) is 9.53 Å². The van der Waals surface area contributed by atoms with Crippen molar-refractivity contribution in [3.63, 3.8) is 0 Å². The summed E-state index contributed by atoms with van der Waals surface area (Å²) in [6.45, 7) is 0. The molecule has 5 atom stereocenters. The first-order chi connectivity index (χ1) is 14.0. The van der Waals surface area contributed by atoms with Gasteiger partial charge in [0.1, 0.15) is 0 Å². The van der Waals surface area contributed by atoms with Crippen LogP contribution in [0.15, 0.2) is 53.0 Å². The standard InChI is InChI=1S/C21H22BrN3O4/c1-29-21(28)13-4-2-11(3-5-13)16-10-15(20(26)27)17-18(24-25-19(17)23-16)12-6-8-14(22)9-7-12/h2-9,15-19,23-25H,10H2,1H3,(H,26,27). The first-order valence-corrected chi connectivity index (χ1v) is 10.2. The Kier molecular flexibility index (Phi) is 5.69. The van der Waals surface area contributed by atoms with Crippen molar-refractivity contribution in [1.29, 1.82) is 0 Å². The minimum absolute atomic E-state index is 0.107. The molecule has 0 saturated carbocycles. The smallest absolute Gasteiger partial charge is 0.337 e. The van der Waals surface area contributed by atoms with E-state index < -0.39 is 17.9 Å². The number of hydrogen-bond donors (Lipinski definition) is 4. The Balaban J connectivity index is 1.57. The molecule has 29 heavy (non-hydrogen) atoms. The number of hydrazine groups is 1. The average molecular weight is 460 g/mol. The lowest BCUT2D eigenvalue weighted by atomic mass is 9.75. The predicted molar refractivity (Wildman–Crippen MR) is 110 cm³/mol. The van der Waals surface area contributed by atoms with E-state index in [1.54, 1.807) is 12.1 Å². The molecule has 2 aliphatic rings. The zero-order valence-corrected chi connectivity index (χ0v) is 17.3. The normalized spacial score (nSPS) is 28.6. The Labute approximate surface area is 176 Å². The lowest BCUT2D eigenvalue weighted by Gasteiger charge is -2.39. The van der Waals surface area contributed by atoms with Crippen LogP contribution in [0, 0.1) is 11.8 Å². The van der Waals surface area contributed by atoms with Crippen LogP contribution in [0.5, 0.6) is 0 Å². The van der Waals surface area contributed by atoms with E-state index in [0.29, 0.717) is 12.0 Å². The van der Waals surface area contributed by atoms with Gasteiger partial charge in [0.25, 0.3) is 0 Å². The summed E-state index contributed by atoms with van der Waals surface area (Å²) in [5.74, 6) is -1.86. The van der Waals surface area contributed by atoms with Gasteiger partial charge in [-0.2, -0.15) is 0 Å². The highest BCUT2D eigenvalue weighted by molar-refractivity contribution is 9.10. The number of hydrogen-bond acceptors (Lipinski definition) is 6. The molecule has 5 unspecified atom stereocenters. The summed E-state index contributed by atoms with van der Waals surface area (Å²) in [4.78, 5) is 23.8. The second kappa shape index (κ2) is 8.23. The Bertz CT molecular complexity index is 903. The number of carboxylic acid groups (broad SMARTS) is 1. The van der Waals surface area contributed by atoms with E-state index in [2.05, 4.69) is 32.1 Å². The second-order valence-electron chi connectivity index (χ2n) is 7.39. The lowest BCUT2D eigenvalue weighted by Crippen LogP contribution is -2.53. The molecule has 7 nitrogen and oxygen atoms in total. The zero-order valence-electron chi connectivity index (χ0n) is 15.8. The SMILES string of the molecule is COC(=O)c1ccc(C2CC(C(=O)O)C3C(NNC3c3ccc(Br)cc3)N2)cc1. The van der Waals surface area contributed by atoms with Gasteiger partial charge in [-0.25, -0.2) is 15.6 Å². The van der Waals surface area contributed by atoms with Crippen molar-refractivity contribution < 1.29 is 19.4 Å². The number of fused-ring (bicyclic) bond motifs is 1. The van der Waals surface area contributed by atoms with E-state index in [0.717, 1.165) is 15.6 Å². The highest BCUT2D eigenvalue weighted by atomic mass is 79.9. The van der Waals surface area contributed by atoms with Gasteiger partial charge in [-0.1, -0.05) is 40.2 Å². The molecule has 4 rings (SSSR count). The van der Waals surface area contributed by atoms with Crippen LogP contribution in [0.1, 0.15) is 40.0 Å². The number of nitrogens with one attached hydrogen (secondary N) is 3. The molecule has 2 aromatic rings. The third-order valence-electron chi connectivity index (χ3n) is 5.78. The lowest BCUT2D eigenvalue weighted by molar-refractivity contribution is -0.146. The summed E-state index contributed by atoms with van der Waals surface area (Å²) < 4.78 is 5.72. The fourth-order valence-electron chi connectivity index (χ4n) is 4.32. The van der Waals surface area contributed by atoms with Crippen molar-refractivity contribution in [2.24, 2.45) is 11.8 Å². The van der Waals surface area contributed by atoms with E-state index in [4.69, 9.17) is 4.74 Å². The van der Waals surface area contributed by atoms with Gasteiger partial charge in [0.2, 0.25) is 0 Å². The van der Waals surface area contributed by atoms with E-state index >= 15 is 0 Å². The number of aliphatic carboxylic acids is 1. The molecule has 0 bridgehead atoms. The van der Waals surface area contributed by atoms with Crippen molar-refractivity contribution in [2.75, 3.05) is 7.11 Å². The van der Waals surface area contributed by atoms with Crippen LogP contribution in [0.3, 0.4) is 0 Å². The van der Waals surface area contributed by atoms with Crippen molar-refractivity contribution in [3.8, 4) is 0 Å². The Morgan fingerprint density at radius 2 is 1.69 bits per heavy atom. The first kappa shape index (κ1) is 20.0. The maximum absolute atomic E-state index is 12.1. The second-order valence-corrected chi connectivity index (χ2v) is 8.30. The third kappa shape index (κ3) is 3.93. The third-order valence-corrected chi connectivity index (χ3v) is 6.31. The molecule has 2 aromatic carbocycles. The minimum atomic E-state index is -0.801. The molecule has 2 saturated heterocycles. The number of esters is 1. The minimum Gasteiger partial charge on any atom is -0.481 e. The Morgan fingerprint density at radius 3 is 2.31 bits per heavy atom. The Hall–Kier alpha value is -2.26. The number of carboxylic acids is 1. The monoisotopic (exact) mass is 459 g/mol. The maximum atomic E-state index is 12.1. The summed E-state index contributed by atoms with van der Waals surface area (Å²) in [5.41, 5.74) is 8.96. The van der Waals surface area contributed by atoms with Gasteiger partial charge in [0.15, 0.2) is 0 Å². The number of carbonyl (C=O) groups is 2. The topological polar surface area (TPSA) is 99.7 Å². The van der Waals surface area contributed by atoms with Crippen LogP contribution < -0.4 is 16.2 Å². The molecule has 0 amide bonds. The quantitative estimate of drug-likeness (QED) is 0.521. The van der Waals surface area contributed by atoms with Gasteiger partial charge in [-0.3, -0.25) is 10.1 Å². The van der Waals surface area contributed by atoms with Crippen molar-refractivity contribution in [1.82, 2.24) is 16.2 Å². The van der Waals surface area contributed by atoms with Gasteiger partial charge in [0, 0.05) is 16.4 Å². The number of carbonyl (C=O) groups excluding carboxylic acids is 1. The fourth-order valence-corrected chi connectivity index (χ4v) is 4.58. The van der Waals surface area contributed by atoms with Gasteiger partial charge in [-0.05, 0) is 41.8 Å². The van der Waals surface area contributed by atoms with E-state index in [1.165, 1.54) is 7.11 Å². The number of halogens is 1. The number of piperidine rings is 1. The van der Waals surface area contributed by atoms with Crippen molar-refractivity contribution in [2.45, 2.75) is 24.7 Å². The largest absolute Gasteiger partial charge is 0.481 e. The summed E-state index contributed by atoms with van der Waals surface area (Å²) >= 11 is 3.44. The highest BCUT2D eigenvalue weighted by Crippen LogP contribution is 2.42. The van der Waals surface area contributed by atoms with Crippen LogP contribution in [0.2, 0.25) is 0 Å². The molecule has 2 aliphatic heterocycles. The zero-order chi connectivity index (χ0) is 20.5. The van der Waals surface area contributed by atoms with Crippen LogP contribution in [0.4, 0.5) is 0 Å². The molecule has 152 valence electrons. The van der Waals surface area contributed by atoms with Gasteiger partial charge >= 0.3 is 11.9 Å². The van der Waals surface area contributed by atoms with Crippen LogP contribution in [-0.4, -0.2) is 30.3 Å². The first-order valence-electron chi connectivity index (χ1n) is 9.41. The summed E-state index contributed by atoms with van der Waals surface area (Å²) in [7, 11) is 1.34. The number of rotatable bonds is 4. The molecule has 2 fully saturated rings. The van der Waals surface area contributed by atoms with Crippen molar-refractivity contribution in [3.05, 3.63) is 69.7 Å². The molecule has 0 aliphatic carbocycles. The van der Waals surface area contributed by atoms with Crippen LogP contribution in [0.25, 0.3) is 0 Å². The molecule has 0 radical (unpaired) electrons. The molecule has 8 heteroatoms. The summed E-state index contributed by atoms with van der Waals surface area (Å²) in [6, 6.07) is 14.8. The summed E-state index contributed by atoms with van der Waals surface area (Å²) in [5, 5.41) is 13.5. The van der Waals surface area contributed by atoms with Crippen molar-refractivity contribution >= 4 is 27.9 Å². The van der Waals surface area contributed by atoms with Gasteiger partial charge < -0.3 is 9.84 Å². The van der Waals surface area contributed by atoms with Gasteiger partial charge in [0.05, 0.1) is 30.8 Å². The molecule has 2 heterocycles. The number of benzene rings is 2. The van der Waals surface area contributed by atoms with Crippen LogP contribution >= 0.6 is 15.9 Å². The predicted octanol–water partition coefficient (Wildman–Crippen LogP) is 2.76. The van der Waals surface area contributed by atoms with E-state index in [9.17, 15) is 14.7 Å². The molecular weight excluding hydrogens is 438 g/mol. The molecule has 0 spiro atoms. The molecular formula is C21H22BrN3O4.